The minimum absolute atomic E-state index is 0.181. The van der Waals surface area contributed by atoms with Gasteiger partial charge in [-0.15, -0.1) is 0 Å². The van der Waals surface area contributed by atoms with Gasteiger partial charge in [0.1, 0.15) is 6.61 Å². The molecule has 1 aromatic carbocycles. The third-order valence-electron chi connectivity index (χ3n) is 1.70. The van der Waals surface area contributed by atoms with E-state index in [1.165, 1.54) is 12.3 Å². The number of aromatic nitrogens is 1. The van der Waals surface area contributed by atoms with Crippen LogP contribution in [0.5, 0.6) is 5.75 Å². The second-order valence-corrected chi connectivity index (χ2v) is 2.70. The number of nitrogens with zero attached hydrogens (tertiary/aromatic N) is 1. The van der Waals surface area contributed by atoms with Crippen LogP contribution in [0, 0.1) is 5.82 Å². The van der Waals surface area contributed by atoms with Crippen molar-refractivity contribution in [2.24, 2.45) is 0 Å². The Labute approximate surface area is 80.1 Å². The summed E-state index contributed by atoms with van der Waals surface area (Å²) < 4.78 is 23.0. The Balaban J connectivity index is 2.02. The SMILES string of the molecule is Fc1ccccc1OCc1ccno1. The minimum Gasteiger partial charge on any atom is -0.482 e. The lowest BCUT2D eigenvalue weighted by Crippen LogP contribution is -1.95. The van der Waals surface area contributed by atoms with Gasteiger partial charge in [-0.3, -0.25) is 0 Å². The normalized spacial score (nSPS) is 10.1. The second-order valence-electron chi connectivity index (χ2n) is 2.70. The lowest BCUT2D eigenvalue weighted by atomic mass is 10.3. The summed E-state index contributed by atoms with van der Waals surface area (Å²) in [7, 11) is 0. The number of para-hydroxylation sites is 1. The summed E-state index contributed by atoms with van der Waals surface area (Å²) in [5.41, 5.74) is 0. The van der Waals surface area contributed by atoms with Gasteiger partial charge in [-0.1, -0.05) is 17.3 Å². The van der Waals surface area contributed by atoms with Crippen molar-refractivity contribution in [3.05, 3.63) is 48.1 Å². The lowest BCUT2D eigenvalue weighted by molar-refractivity contribution is 0.240. The molecule has 0 saturated carbocycles. The molecular weight excluding hydrogens is 185 g/mol. The molecule has 4 heteroatoms. The molecule has 14 heavy (non-hydrogen) atoms. The predicted octanol–water partition coefficient (Wildman–Crippen LogP) is 2.39. The molecule has 0 unspecified atom stereocenters. The van der Waals surface area contributed by atoms with E-state index in [0.717, 1.165) is 0 Å². The zero-order valence-corrected chi connectivity index (χ0v) is 7.31. The van der Waals surface area contributed by atoms with Gasteiger partial charge in [-0.2, -0.15) is 0 Å². The van der Waals surface area contributed by atoms with E-state index >= 15 is 0 Å². The quantitative estimate of drug-likeness (QED) is 0.750. The minimum atomic E-state index is -0.382. The van der Waals surface area contributed by atoms with Crippen LogP contribution in [0.15, 0.2) is 41.1 Å². The van der Waals surface area contributed by atoms with Gasteiger partial charge in [0.05, 0.1) is 6.20 Å². The summed E-state index contributed by atoms with van der Waals surface area (Å²) in [6.45, 7) is 0.181. The number of rotatable bonds is 3. The first-order valence-corrected chi connectivity index (χ1v) is 4.13. The zero-order chi connectivity index (χ0) is 9.80. The smallest absolute Gasteiger partial charge is 0.174 e. The molecule has 2 aromatic rings. The highest BCUT2D eigenvalue weighted by Gasteiger charge is 2.03. The third-order valence-corrected chi connectivity index (χ3v) is 1.70. The molecule has 3 nitrogen and oxygen atoms in total. The number of hydrogen-bond acceptors (Lipinski definition) is 3. The van der Waals surface area contributed by atoms with Crippen LogP contribution in [-0.4, -0.2) is 5.16 Å². The molecule has 1 aromatic heterocycles. The van der Waals surface area contributed by atoms with Crippen molar-refractivity contribution < 1.29 is 13.7 Å². The van der Waals surface area contributed by atoms with Crippen molar-refractivity contribution in [2.75, 3.05) is 0 Å². The van der Waals surface area contributed by atoms with Gasteiger partial charge in [-0.25, -0.2) is 4.39 Å². The molecule has 0 aliphatic rings. The zero-order valence-electron chi connectivity index (χ0n) is 7.31. The monoisotopic (exact) mass is 193 g/mol. The Bertz CT molecular complexity index is 400. The molecular formula is C10H8FNO2. The fraction of sp³-hybridized carbons (Fsp3) is 0.100. The molecule has 0 N–H and O–H groups in total. The fourth-order valence-electron chi connectivity index (χ4n) is 1.03. The summed E-state index contributed by atoms with van der Waals surface area (Å²) in [4.78, 5) is 0. The largest absolute Gasteiger partial charge is 0.482 e. The highest BCUT2D eigenvalue weighted by molar-refractivity contribution is 5.23. The van der Waals surface area contributed by atoms with Gasteiger partial charge in [0.2, 0.25) is 0 Å². The number of benzene rings is 1. The van der Waals surface area contributed by atoms with E-state index in [1.807, 2.05) is 0 Å². The summed E-state index contributed by atoms with van der Waals surface area (Å²) in [6, 6.07) is 7.89. The fourth-order valence-corrected chi connectivity index (χ4v) is 1.03. The summed E-state index contributed by atoms with van der Waals surface area (Å²) in [6.07, 6.45) is 1.51. The Kier molecular flexibility index (Phi) is 2.44. The summed E-state index contributed by atoms with van der Waals surface area (Å²) in [5.74, 6) is 0.393. The van der Waals surface area contributed by atoms with Crippen LogP contribution >= 0.6 is 0 Å². The summed E-state index contributed by atoms with van der Waals surface area (Å²) >= 11 is 0. The first kappa shape index (κ1) is 8.74. The van der Waals surface area contributed by atoms with Crippen LogP contribution in [0.2, 0.25) is 0 Å². The van der Waals surface area contributed by atoms with Crippen molar-refractivity contribution in [1.29, 1.82) is 0 Å². The highest BCUT2D eigenvalue weighted by Crippen LogP contribution is 2.16. The number of hydrogen-bond donors (Lipinski definition) is 0. The first-order chi connectivity index (χ1) is 6.86. The van der Waals surface area contributed by atoms with Crippen LogP contribution in [0.1, 0.15) is 5.76 Å². The van der Waals surface area contributed by atoms with Crippen LogP contribution in [0.3, 0.4) is 0 Å². The van der Waals surface area contributed by atoms with E-state index in [-0.39, 0.29) is 18.2 Å². The standard InChI is InChI=1S/C10H8FNO2/c11-9-3-1-2-4-10(9)13-7-8-5-6-12-14-8/h1-6H,7H2. The third kappa shape index (κ3) is 1.90. The van der Waals surface area contributed by atoms with Crippen molar-refractivity contribution >= 4 is 0 Å². The lowest BCUT2D eigenvalue weighted by Gasteiger charge is -2.03. The second kappa shape index (κ2) is 3.91. The molecule has 0 bridgehead atoms. The topological polar surface area (TPSA) is 35.3 Å². The maximum atomic E-state index is 13.0. The van der Waals surface area contributed by atoms with Gasteiger partial charge in [0.25, 0.3) is 0 Å². The molecule has 0 aliphatic heterocycles. The van der Waals surface area contributed by atoms with E-state index < -0.39 is 0 Å². The van der Waals surface area contributed by atoms with E-state index in [1.54, 1.807) is 24.3 Å². The molecule has 1 heterocycles. The Morgan fingerprint density at radius 1 is 1.29 bits per heavy atom. The average Bonchev–Trinajstić information content (AvgIpc) is 2.69. The van der Waals surface area contributed by atoms with Crippen molar-refractivity contribution in [3.63, 3.8) is 0 Å². The maximum Gasteiger partial charge on any atom is 0.174 e. The van der Waals surface area contributed by atoms with Gasteiger partial charge in [0, 0.05) is 6.07 Å². The molecule has 0 saturated heterocycles. The number of ether oxygens (including phenoxy) is 1. The first-order valence-electron chi connectivity index (χ1n) is 4.13. The van der Waals surface area contributed by atoms with Crippen molar-refractivity contribution in [1.82, 2.24) is 5.16 Å². The molecule has 2 rings (SSSR count). The van der Waals surface area contributed by atoms with Gasteiger partial charge in [-0.05, 0) is 12.1 Å². The van der Waals surface area contributed by atoms with Crippen molar-refractivity contribution in [2.45, 2.75) is 6.61 Å². The Hall–Kier alpha value is -1.84. The molecule has 72 valence electrons. The molecule has 0 amide bonds. The summed E-state index contributed by atoms with van der Waals surface area (Å²) in [5, 5.41) is 3.51. The van der Waals surface area contributed by atoms with Crippen LogP contribution in [-0.2, 0) is 6.61 Å². The van der Waals surface area contributed by atoms with E-state index in [2.05, 4.69) is 5.16 Å². The van der Waals surface area contributed by atoms with E-state index in [4.69, 9.17) is 9.26 Å². The maximum absolute atomic E-state index is 13.0. The van der Waals surface area contributed by atoms with Crippen LogP contribution in [0.4, 0.5) is 4.39 Å². The molecule has 0 atom stereocenters. The molecule has 0 fully saturated rings. The van der Waals surface area contributed by atoms with E-state index in [9.17, 15) is 4.39 Å². The van der Waals surface area contributed by atoms with Crippen LogP contribution < -0.4 is 4.74 Å². The van der Waals surface area contributed by atoms with Gasteiger partial charge in [0.15, 0.2) is 17.3 Å². The number of halogens is 1. The van der Waals surface area contributed by atoms with Gasteiger partial charge >= 0.3 is 0 Å². The molecule has 0 radical (unpaired) electrons. The molecule has 0 aliphatic carbocycles. The molecule has 0 spiro atoms. The Morgan fingerprint density at radius 3 is 2.86 bits per heavy atom. The predicted molar refractivity (Wildman–Crippen MR) is 47.2 cm³/mol. The average molecular weight is 193 g/mol. The van der Waals surface area contributed by atoms with Crippen LogP contribution in [0.25, 0.3) is 0 Å². The van der Waals surface area contributed by atoms with E-state index in [0.29, 0.717) is 5.76 Å². The Morgan fingerprint density at radius 2 is 2.14 bits per heavy atom. The highest BCUT2D eigenvalue weighted by atomic mass is 19.1. The van der Waals surface area contributed by atoms with Crippen molar-refractivity contribution in [3.8, 4) is 5.75 Å². The van der Waals surface area contributed by atoms with Gasteiger partial charge < -0.3 is 9.26 Å².